The summed E-state index contributed by atoms with van der Waals surface area (Å²) in [5.41, 5.74) is 0. The standard InChI is InChI=1S/C14H27F3N2O/c1-4-7-19(10-14(15,16)17)9-13-6-5-12(20-13)8-18-11(2)3/h11-13,18H,4-10H2,1-3H3. The quantitative estimate of drug-likeness (QED) is 0.745. The van der Waals surface area contributed by atoms with Gasteiger partial charge in [0.2, 0.25) is 0 Å². The lowest BCUT2D eigenvalue weighted by Crippen LogP contribution is -2.40. The van der Waals surface area contributed by atoms with Gasteiger partial charge in [0, 0.05) is 19.1 Å². The molecule has 6 heteroatoms. The van der Waals surface area contributed by atoms with E-state index < -0.39 is 12.7 Å². The molecule has 0 radical (unpaired) electrons. The van der Waals surface area contributed by atoms with E-state index in [4.69, 9.17) is 4.74 Å². The monoisotopic (exact) mass is 296 g/mol. The SMILES string of the molecule is CCCN(CC1CCC(CNC(C)C)O1)CC(F)(F)F. The van der Waals surface area contributed by atoms with E-state index >= 15 is 0 Å². The fraction of sp³-hybridized carbons (Fsp3) is 1.00. The van der Waals surface area contributed by atoms with Crippen molar-refractivity contribution in [3.63, 3.8) is 0 Å². The van der Waals surface area contributed by atoms with Crippen molar-refractivity contribution >= 4 is 0 Å². The molecule has 20 heavy (non-hydrogen) atoms. The summed E-state index contributed by atoms with van der Waals surface area (Å²) < 4.78 is 43.3. The highest BCUT2D eigenvalue weighted by molar-refractivity contribution is 4.79. The summed E-state index contributed by atoms with van der Waals surface area (Å²) in [6.45, 7) is 6.82. The Hall–Kier alpha value is -0.330. The molecule has 1 saturated heterocycles. The number of nitrogens with zero attached hydrogens (tertiary/aromatic N) is 1. The van der Waals surface area contributed by atoms with Crippen LogP contribution >= 0.6 is 0 Å². The molecule has 0 amide bonds. The molecule has 0 aromatic rings. The van der Waals surface area contributed by atoms with Crippen LogP contribution in [0.2, 0.25) is 0 Å². The van der Waals surface area contributed by atoms with Crippen LogP contribution in [0.5, 0.6) is 0 Å². The molecule has 1 fully saturated rings. The van der Waals surface area contributed by atoms with Crippen LogP contribution in [0.4, 0.5) is 13.2 Å². The van der Waals surface area contributed by atoms with Crippen LogP contribution in [-0.2, 0) is 4.74 Å². The van der Waals surface area contributed by atoms with Gasteiger partial charge in [-0.3, -0.25) is 4.90 Å². The number of hydrogen-bond donors (Lipinski definition) is 1. The Morgan fingerprint density at radius 1 is 1.25 bits per heavy atom. The minimum atomic E-state index is -4.13. The maximum Gasteiger partial charge on any atom is 0.401 e. The number of alkyl halides is 3. The van der Waals surface area contributed by atoms with E-state index in [0.717, 1.165) is 25.8 Å². The van der Waals surface area contributed by atoms with Gasteiger partial charge in [0.05, 0.1) is 18.8 Å². The average Bonchev–Trinajstić information content (AvgIpc) is 2.72. The Balaban J connectivity index is 2.34. The summed E-state index contributed by atoms with van der Waals surface area (Å²) in [7, 11) is 0. The van der Waals surface area contributed by atoms with Crippen molar-refractivity contribution in [1.29, 1.82) is 0 Å². The molecule has 3 nitrogen and oxygen atoms in total. The van der Waals surface area contributed by atoms with Crippen molar-refractivity contribution in [2.75, 3.05) is 26.2 Å². The first-order chi connectivity index (χ1) is 9.30. The number of rotatable bonds is 8. The molecule has 0 aliphatic carbocycles. The maximum absolute atomic E-state index is 12.5. The Bertz CT molecular complexity index is 272. The molecular weight excluding hydrogens is 269 g/mol. The largest absolute Gasteiger partial charge is 0.401 e. The Morgan fingerprint density at radius 3 is 2.45 bits per heavy atom. The summed E-state index contributed by atoms with van der Waals surface area (Å²) >= 11 is 0. The van der Waals surface area contributed by atoms with Gasteiger partial charge in [-0.05, 0) is 25.8 Å². The maximum atomic E-state index is 12.5. The lowest BCUT2D eigenvalue weighted by atomic mass is 10.2. The third-order valence-corrected chi connectivity index (χ3v) is 3.35. The van der Waals surface area contributed by atoms with E-state index in [-0.39, 0.29) is 12.2 Å². The van der Waals surface area contributed by atoms with Crippen molar-refractivity contribution < 1.29 is 17.9 Å². The van der Waals surface area contributed by atoms with Gasteiger partial charge in [0.1, 0.15) is 0 Å². The van der Waals surface area contributed by atoms with E-state index in [1.54, 1.807) is 0 Å². The lowest BCUT2D eigenvalue weighted by Gasteiger charge is -2.26. The molecule has 0 saturated carbocycles. The Morgan fingerprint density at radius 2 is 1.90 bits per heavy atom. The Kier molecular flexibility index (Phi) is 7.26. The highest BCUT2D eigenvalue weighted by atomic mass is 19.4. The highest BCUT2D eigenvalue weighted by Crippen LogP contribution is 2.22. The number of halogens is 3. The third kappa shape index (κ3) is 7.45. The van der Waals surface area contributed by atoms with E-state index in [9.17, 15) is 13.2 Å². The van der Waals surface area contributed by atoms with Crippen LogP contribution in [0.15, 0.2) is 0 Å². The van der Waals surface area contributed by atoms with Crippen LogP contribution in [0.3, 0.4) is 0 Å². The van der Waals surface area contributed by atoms with Gasteiger partial charge in [0.15, 0.2) is 0 Å². The number of hydrogen-bond acceptors (Lipinski definition) is 3. The van der Waals surface area contributed by atoms with E-state index in [1.807, 2.05) is 6.92 Å². The molecule has 0 bridgehead atoms. The molecule has 1 rings (SSSR count). The van der Waals surface area contributed by atoms with Crippen molar-refractivity contribution in [1.82, 2.24) is 10.2 Å². The van der Waals surface area contributed by atoms with E-state index in [2.05, 4.69) is 19.2 Å². The summed E-state index contributed by atoms with van der Waals surface area (Å²) in [6.07, 6.45) is -1.56. The minimum absolute atomic E-state index is 0.0668. The zero-order valence-electron chi connectivity index (χ0n) is 12.7. The lowest BCUT2D eigenvalue weighted by molar-refractivity contribution is -0.149. The first kappa shape index (κ1) is 17.7. The van der Waals surface area contributed by atoms with Crippen LogP contribution in [0, 0.1) is 0 Å². The van der Waals surface area contributed by atoms with Crippen LogP contribution in [0.1, 0.15) is 40.0 Å². The smallest absolute Gasteiger partial charge is 0.372 e. The zero-order chi connectivity index (χ0) is 15.2. The van der Waals surface area contributed by atoms with Gasteiger partial charge in [-0.2, -0.15) is 13.2 Å². The summed E-state index contributed by atoms with van der Waals surface area (Å²) in [4.78, 5) is 1.46. The van der Waals surface area contributed by atoms with Gasteiger partial charge in [-0.25, -0.2) is 0 Å². The van der Waals surface area contributed by atoms with Gasteiger partial charge >= 0.3 is 6.18 Å². The number of nitrogens with one attached hydrogen (secondary N) is 1. The average molecular weight is 296 g/mol. The third-order valence-electron chi connectivity index (χ3n) is 3.35. The predicted molar refractivity (Wildman–Crippen MR) is 73.8 cm³/mol. The van der Waals surface area contributed by atoms with Crippen molar-refractivity contribution in [2.24, 2.45) is 0 Å². The fourth-order valence-electron chi connectivity index (χ4n) is 2.52. The molecule has 0 spiro atoms. The minimum Gasteiger partial charge on any atom is -0.372 e. The van der Waals surface area contributed by atoms with Crippen molar-refractivity contribution in [3.05, 3.63) is 0 Å². The molecule has 2 unspecified atom stereocenters. The predicted octanol–water partition coefficient (Wildman–Crippen LogP) is 2.81. The Labute approximate surface area is 119 Å². The summed E-state index contributed by atoms with van der Waals surface area (Å²) in [5, 5.41) is 3.31. The molecule has 2 atom stereocenters. The highest BCUT2D eigenvalue weighted by Gasteiger charge is 2.33. The van der Waals surface area contributed by atoms with Gasteiger partial charge in [0.25, 0.3) is 0 Å². The second-order valence-corrected chi connectivity index (χ2v) is 5.87. The molecule has 1 N–H and O–H groups in total. The van der Waals surface area contributed by atoms with Crippen molar-refractivity contribution in [2.45, 2.75) is 64.5 Å². The first-order valence-corrected chi connectivity index (χ1v) is 7.48. The molecule has 1 aliphatic heterocycles. The normalized spacial score (nSPS) is 24.0. The molecular formula is C14H27F3N2O. The van der Waals surface area contributed by atoms with Crippen LogP contribution < -0.4 is 5.32 Å². The fourth-order valence-corrected chi connectivity index (χ4v) is 2.52. The van der Waals surface area contributed by atoms with E-state index in [0.29, 0.717) is 19.1 Å². The van der Waals surface area contributed by atoms with E-state index in [1.165, 1.54) is 4.90 Å². The molecule has 120 valence electrons. The topological polar surface area (TPSA) is 24.5 Å². The molecule has 0 aromatic carbocycles. The van der Waals surface area contributed by atoms with Crippen LogP contribution in [-0.4, -0.2) is 55.5 Å². The molecule has 1 aliphatic rings. The summed E-state index contributed by atoms with van der Waals surface area (Å²) in [5.74, 6) is 0. The van der Waals surface area contributed by atoms with Gasteiger partial charge in [-0.1, -0.05) is 20.8 Å². The van der Waals surface area contributed by atoms with Gasteiger partial charge < -0.3 is 10.1 Å². The first-order valence-electron chi connectivity index (χ1n) is 7.48. The zero-order valence-corrected chi connectivity index (χ0v) is 12.7. The second-order valence-electron chi connectivity index (χ2n) is 5.87. The van der Waals surface area contributed by atoms with Gasteiger partial charge in [-0.15, -0.1) is 0 Å². The van der Waals surface area contributed by atoms with Crippen molar-refractivity contribution in [3.8, 4) is 0 Å². The molecule has 0 aromatic heterocycles. The summed E-state index contributed by atoms with van der Waals surface area (Å²) in [6, 6.07) is 0.402. The molecule has 1 heterocycles. The second kappa shape index (κ2) is 8.20. The number of ether oxygens (including phenoxy) is 1. The van der Waals surface area contributed by atoms with Crippen LogP contribution in [0.25, 0.3) is 0 Å².